The Hall–Kier alpha value is -0.250. The smallest absolute Gasteiger partial charge is 0.0940 e. The molecule has 1 aliphatic rings. The second kappa shape index (κ2) is 3.24. The molecule has 12 heavy (non-hydrogen) atoms. The van der Waals surface area contributed by atoms with E-state index < -0.39 is 0 Å². The zero-order valence-corrected chi connectivity index (χ0v) is 9.17. The lowest BCUT2D eigenvalue weighted by Crippen LogP contribution is -1.92. The van der Waals surface area contributed by atoms with E-state index in [1.807, 2.05) is 6.26 Å². The normalized spacial score (nSPS) is 23.7. The molecule has 0 unspecified atom stereocenters. The van der Waals surface area contributed by atoms with Crippen LogP contribution in [0.15, 0.2) is 32.2 Å². The van der Waals surface area contributed by atoms with Crippen molar-refractivity contribution in [2.45, 2.75) is 25.7 Å². The minimum Gasteiger partial charge on any atom is -0.472 e. The van der Waals surface area contributed by atoms with Crippen molar-refractivity contribution in [3.63, 3.8) is 0 Å². The molecule has 1 heterocycles. The highest BCUT2D eigenvalue weighted by molar-refractivity contribution is 14.1. The van der Waals surface area contributed by atoms with E-state index in [1.165, 1.54) is 27.6 Å². The summed E-state index contributed by atoms with van der Waals surface area (Å²) in [6, 6.07) is 2.07. The first kappa shape index (κ1) is 8.35. The van der Waals surface area contributed by atoms with Crippen LogP contribution in [0.4, 0.5) is 0 Å². The van der Waals surface area contributed by atoms with Gasteiger partial charge in [0.05, 0.1) is 12.5 Å². The number of allylic oxidation sites excluding steroid dienone is 2. The van der Waals surface area contributed by atoms with Crippen molar-refractivity contribution in [2.75, 3.05) is 0 Å². The van der Waals surface area contributed by atoms with E-state index in [0.29, 0.717) is 5.92 Å². The van der Waals surface area contributed by atoms with Crippen LogP contribution in [-0.2, 0) is 0 Å². The van der Waals surface area contributed by atoms with Gasteiger partial charge in [-0.2, -0.15) is 0 Å². The Morgan fingerprint density at radius 2 is 2.42 bits per heavy atom. The van der Waals surface area contributed by atoms with Crippen molar-refractivity contribution in [1.82, 2.24) is 0 Å². The molecule has 2 heteroatoms. The van der Waals surface area contributed by atoms with Crippen molar-refractivity contribution in [3.05, 3.63) is 33.3 Å². The van der Waals surface area contributed by atoms with E-state index in [2.05, 4.69) is 35.6 Å². The van der Waals surface area contributed by atoms with Gasteiger partial charge in [0.2, 0.25) is 0 Å². The molecule has 0 radical (unpaired) electrons. The fourth-order valence-electron chi connectivity index (χ4n) is 1.76. The second-order valence-electron chi connectivity index (χ2n) is 3.24. The fourth-order valence-corrected chi connectivity index (χ4v) is 2.45. The molecule has 0 aliphatic heterocycles. The monoisotopic (exact) mass is 274 g/mol. The zero-order valence-electron chi connectivity index (χ0n) is 7.01. The van der Waals surface area contributed by atoms with E-state index in [1.54, 1.807) is 6.26 Å². The Balaban J connectivity index is 2.28. The Bertz CT molecular complexity index is 298. The molecule has 0 fully saturated rings. The first-order chi connectivity index (χ1) is 5.79. The van der Waals surface area contributed by atoms with Gasteiger partial charge in [-0.3, -0.25) is 0 Å². The summed E-state index contributed by atoms with van der Waals surface area (Å²) in [5.41, 5.74) is 2.86. The van der Waals surface area contributed by atoms with Crippen molar-refractivity contribution in [1.29, 1.82) is 0 Å². The number of rotatable bonds is 1. The molecule has 1 aromatic heterocycles. The lowest BCUT2D eigenvalue weighted by Gasteiger charge is -2.07. The van der Waals surface area contributed by atoms with Crippen LogP contribution < -0.4 is 0 Å². The van der Waals surface area contributed by atoms with Crippen LogP contribution in [-0.4, -0.2) is 0 Å². The molecule has 0 saturated carbocycles. The average Bonchev–Trinajstić information content (AvgIpc) is 2.64. The molecule has 2 rings (SSSR count). The maximum absolute atomic E-state index is 5.09. The molecule has 1 aliphatic carbocycles. The number of hydrogen-bond donors (Lipinski definition) is 0. The van der Waals surface area contributed by atoms with Gasteiger partial charge >= 0.3 is 0 Å². The van der Waals surface area contributed by atoms with Crippen molar-refractivity contribution in [3.8, 4) is 0 Å². The van der Waals surface area contributed by atoms with Crippen LogP contribution in [0, 0.1) is 0 Å². The molecule has 0 N–H and O–H groups in total. The average molecular weight is 274 g/mol. The SMILES string of the molecule is CC1=C(I)CC[C@H]1c1ccoc1. The van der Waals surface area contributed by atoms with E-state index in [4.69, 9.17) is 4.42 Å². The van der Waals surface area contributed by atoms with Crippen LogP contribution >= 0.6 is 22.6 Å². The van der Waals surface area contributed by atoms with Crippen LogP contribution in [0.2, 0.25) is 0 Å². The first-order valence-electron chi connectivity index (χ1n) is 4.16. The van der Waals surface area contributed by atoms with Gasteiger partial charge in [0, 0.05) is 5.92 Å². The maximum Gasteiger partial charge on any atom is 0.0940 e. The van der Waals surface area contributed by atoms with E-state index in [9.17, 15) is 0 Å². The second-order valence-corrected chi connectivity index (χ2v) is 4.54. The molecule has 0 amide bonds. The zero-order chi connectivity index (χ0) is 8.55. The third kappa shape index (κ3) is 1.32. The van der Waals surface area contributed by atoms with Crippen LogP contribution in [0.25, 0.3) is 0 Å². The van der Waals surface area contributed by atoms with Gasteiger partial charge < -0.3 is 4.42 Å². The summed E-state index contributed by atoms with van der Waals surface area (Å²) >= 11 is 2.45. The Morgan fingerprint density at radius 1 is 1.58 bits per heavy atom. The summed E-state index contributed by atoms with van der Waals surface area (Å²) in [6.45, 7) is 2.23. The molecule has 1 aromatic rings. The van der Waals surface area contributed by atoms with E-state index >= 15 is 0 Å². The summed E-state index contributed by atoms with van der Waals surface area (Å²) in [5, 5.41) is 0. The number of furan rings is 1. The highest BCUT2D eigenvalue weighted by atomic mass is 127. The van der Waals surface area contributed by atoms with E-state index in [-0.39, 0.29) is 0 Å². The van der Waals surface area contributed by atoms with Crippen LogP contribution in [0.1, 0.15) is 31.2 Å². The van der Waals surface area contributed by atoms with Gasteiger partial charge in [-0.15, -0.1) is 0 Å². The third-order valence-electron chi connectivity index (χ3n) is 2.55. The molecular weight excluding hydrogens is 263 g/mol. The Labute approximate surface area is 86.0 Å². The molecule has 1 atom stereocenters. The van der Waals surface area contributed by atoms with Crippen molar-refractivity contribution in [2.24, 2.45) is 0 Å². The molecule has 0 saturated heterocycles. The minimum absolute atomic E-state index is 0.621. The summed E-state index contributed by atoms with van der Waals surface area (Å²) in [5.74, 6) is 0.621. The minimum atomic E-state index is 0.621. The topological polar surface area (TPSA) is 13.1 Å². The number of halogens is 1. The van der Waals surface area contributed by atoms with Crippen molar-refractivity contribution >= 4 is 22.6 Å². The van der Waals surface area contributed by atoms with E-state index in [0.717, 1.165) is 0 Å². The van der Waals surface area contributed by atoms with Crippen LogP contribution in [0.5, 0.6) is 0 Å². The summed E-state index contributed by atoms with van der Waals surface area (Å²) in [6.07, 6.45) is 6.11. The fraction of sp³-hybridized carbons (Fsp3) is 0.400. The highest BCUT2D eigenvalue weighted by Crippen LogP contribution is 2.41. The third-order valence-corrected chi connectivity index (χ3v) is 3.94. The van der Waals surface area contributed by atoms with Gasteiger partial charge in [0.25, 0.3) is 0 Å². The summed E-state index contributed by atoms with van der Waals surface area (Å²) < 4.78 is 6.61. The van der Waals surface area contributed by atoms with Gasteiger partial charge in [-0.25, -0.2) is 0 Å². The lowest BCUT2D eigenvalue weighted by molar-refractivity contribution is 0.560. The Morgan fingerprint density at radius 3 is 2.92 bits per heavy atom. The van der Waals surface area contributed by atoms with Gasteiger partial charge in [-0.1, -0.05) is 5.57 Å². The lowest BCUT2D eigenvalue weighted by atomic mass is 9.96. The predicted molar refractivity (Wildman–Crippen MR) is 57.4 cm³/mol. The van der Waals surface area contributed by atoms with Gasteiger partial charge in [0.15, 0.2) is 0 Å². The predicted octanol–water partition coefficient (Wildman–Crippen LogP) is 3.87. The first-order valence-corrected chi connectivity index (χ1v) is 5.24. The maximum atomic E-state index is 5.09. The summed E-state index contributed by atoms with van der Waals surface area (Å²) in [7, 11) is 0. The summed E-state index contributed by atoms with van der Waals surface area (Å²) in [4.78, 5) is 0. The molecule has 1 nitrogen and oxygen atoms in total. The Kier molecular flexibility index (Phi) is 2.26. The van der Waals surface area contributed by atoms with Crippen molar-refractivity contribution < 1.29 is 4.42 Å². The standard InChI is InChI=1S/C10H11IO/c1-7-9(2-3-10(7)11)8-4-5-12-6-8/h4-6,9H,2-3H2,1H3/t9-/m1/s1. The molecular formula is C10H11IO. The number of hydrogen-bond acceptors (Lipinski definition) is 1. The molecule has 0 aromatic carbocycles. The quantitative estimate of drug-likeness (QED) is 0.708. The molecule has 0 spiro atoms. The molecule has 0 bridgehead atoms. The largest absolute Gasteiger partial charge is 0.472 e. The molecule has 64 valence electrons. The van der Waals surface area contributed by atoms with Crippen LogP contribution in [0.3, 0.4) is 0 Å². The highest BCUT2D eigenvalue weighted by Gasteiger charge is 2.22. The van der Waals surface area contributed by atoms with Gasteiger partial charge in [-0.05, 0) is 57.6 Å². The van der Waals surface area contributed by atoms with Gasteiger partial charge in [0.1, 0.15) is 0 Å².